The highest BCUT2D eigenvalue weighted by Crippen LogP contribution is 2.42. The maximum Gasteiger partial charge on any atom is 0.269 e. The first-order chi connectivity index (χ1) is 14.5. The van der Waals surface area contributed by atoms with E-state index >= 15 is 0 Å². The minimum atomic E-state index is -0.513. The molecular formula is C20H17N3O6S. The van der Waals surface area contributed by atoms with Gasteiger partial charge in [0.15, 0.2) is 16.7 Å². The summed E-state index contributed by atoms with van der Waals surface area (Å²) in [7, 11) is 4.34. The second kappa shape index (κ2) is 8.75. The van der Waals surface area contributed by atoms with Gasteiger partial charge in [0.25, 0.3) is 11.2 Å². The van der Waals surface area contributed by atoms with Crippen LogP contribution in [-0.4, -0.2) is 41.6 Å². The largest absolute Gasteiger partial charge is 0.493 e. The van der Waals surface area contributed by atoms with E-state index in [1.807, 2.05) is 0 Å². The number of benzene rings is 2. The third-order valence-corrected chi connectivity index (χ3v) is 5.08. The molecule has 0 aliphatic heterocycles. The van der Waals surface area contributed by atoms with E-state index in [-0.39, 0.29) is 28.1 Å². The molecule has 1 aromatic heterocycles. The third-order valence-electron chi connectivity index (χ3n) is 4.24. The molecule has 0 atom stereocenters. The van der Waals surface area contributed by atoms with Crippen molar-refractivity contribution in [3.8, 4) is 35.3 Å². The number of non-ortho nitro benzene ring substituents is 1. The number of terminal acetylenes is 1. The number of hydrogen-bond acceptors (Lipinski definition) is 8. The first kappa shape index (κ1) is 21.0. The molecule has 0 radical (unpaired) electrons. The average Bonchev–Trinajstić information content (AvgIpc) is 2.76. The second-order valence-corrected chi connectivity index (χ2v) is 6.79. The van der Waals surface area contributed by atoms with Gasteiger partial charge in [0, 0.05) is 12.1 Å². The van der Waals surface area contributed by atoms with Crippen molar-refractivity contribution in [2.45, 2.75) is 5.16 Å². The monoisotopic (exact) mass is 427 g/mol. The lowest BCUT2D eigenvalue weighted by atomic mass is 10.2. The number of nitrogens with zero attached hydrogens (tertiary/aromatic N) is 3. The molecule has 10 heteroatoms. The number of nitro benzene ring substituents is 1. The fourth-order valence-corrected chi connectivity index (χ4v) is 3.61. The summed E-state index contributed by atoms with van der Waals surface area (Å²) in [6, 6.07) is 7.10. The average molecular weight is 427 g/mol. The van der Waals surface area contributed by atoms with Gasteiger partial charge in [0.2, 0.25) is 5.75 Å². The van der Waals surface area contributed by atoms with Crippen molar-refractivity contribution >= 4 is 28.4 Å². The summed E-state index contributed by atoms with van der Waals surface area (Å²) in [6.07, 6.45) is 5.39. The molecule has 1 heterocycles. The molecule has 0 amide bonds. The molecule has 2 aromatic carbocycles. The van der Waals surface area contributed by atoms with E-state index in [0.717, 1.165) is 0 Å². The van der Waals surface area contributed by atoms with Gasteiger partial charge in [-0.1, -0.05) is 17.7 Å². The van der Waals surface area contributed by atoms with E-state index in [4.69, 9.17) is 20.6 Å². The number of ether oxygens (including phenoxy) is 3. The topological polar surface area (TPSA) is 106 Å². The molecule has 3 rings (SSSR count). The second-order valence-electron chi connectivity index (χ2n) is 5.84. The van der Waals surface area contributed by atoms with E-state index in [2.05, 4.69) is 10.9 Å². The molecule has 0 fully saturated rings. The van der Waals surface area contributed by atoms with Gasteiger partial charge in [-0.2, -0.15) is 0 Å². The van der Waals surface area contributed by atoms with E-state index in [1.165, 1.54) is 68.0 Å². The lowest BCUT2D eigenvalue weighted by Crippen LogP contribution is -2.22. The summed E-state index contributed by atoms with van der Waals surface area (Å²) in [6.45, 7) is 0. The highest BCUT2D eigenvalue weighted by atomic mass is 32.2. The molecule has 0 aliphatic carbocycles. The van der Waals surface area contributed by atoms with Crippen molar-refractivity contribution in [1.29, 1.82) is 0 Å². The van der Waals surface area contributed by atoms with E-state index in [0.29, 0.717) is 22.3 Å². The Morgan fingerprint density at radius 3 is 2.37 bits per heavy atom. The highest BCUT2D eigenvalue weighted by molar-refractivity contribution is 7.99. The molecule has 0 N–H and O–H groups in total. The van der Waals surface area contributed by atoms with Crippen molar-refractivity contribution in [1.82, 2.24) is 9.55 Å². The summed E-state index contributed by atoms with van der Waals surface area (Å²) < 4.78 is 17.5. The van der Waals surface area contributed by atoms with Crippen LogP contribution in [0.25, 0.3) is 16.6 Å². The van der Waals surface area contributed by atoms with E-state index in [1.54, 1.807) is 0 Å². The van der Waals surface area contributed by atoms with Crippen LogP contribution in [0.15, 0.2) is 40.3 Å². The highest BCUT2D eigenvalue weighted by Gasteiger charge is 2.22. The Morgan fingerprint density at radius 1 is 1.17 bits per heavy atom. The minimum Gasteiger partial charge on any atom is -0.493 e. The Balaban J connectivity index is 2.38. The number of rotatable bonds is 7. The van der Waals surface area contributed by atoms with Gasteiger partial charge in [0.05, 0.1) is 43.1 Å². The van der Waals surface area contributed by atoms with Gasteiger partial charge < -0.3 is 14.2 Å². The quantitative estimate of drug-likeness (QED) is 0.186. The number of nitro groups is 1. The van der Waals surface area contributed by atoms with E-state index in [9.17, 15) is 14.9 Å². The smallest absolute Gasteiger partial charge is 0.269 e. The van der Waals surface area contributed by atoms with E-state index < -0.39 is 10.5 Å². The Morgan fingerprint density at radius 2 is 1.83 bits per heavy atom. The molecule has 3 aromatic rings. The van der Waals surface area contributed by atoms with Crippen molar-refractivity contribution < 1.29 is 19.1 Å². The minimum absolute atomic E-state index is 0.0912. The lowest BCUT2D eigenvalue weighted by molar-refractivity contribution is -0.384. The maximum atomic E-state index is 13.4. The number of fused-ring (bicyclic) bond motifs is 1. The summed E-state index contributed by atoms with van der Waals surface area (Å²) in [4.78, 5) is 28.5. The molecule has 154 valence electrons. The zero-order valence-electron chi connectivity index (χ0n) is 16.4. The molecular weight excluding hydrogens is 410 g/mol. The first-order valence-corrected chi connectivity index (χ1v) is 9.52. The molecule has 0 saturated carbocycles. The van der Waals surface area contributed by atoms with Crippen LogP contribution in [0.4, 0.5) is 5.69 Å². The zero-order valence-corrected chi connectivity index (χ0v) is 17.2. The summed E-state index contributed by atoms with van der Waals surface area (Å²) >= 11 is 1.18. The van der Waals surface area contributed by atoms with Crippen LogP contribution >= 0.6 is 11.8 Å². The number of methoxy groups -OCH3 is 3. The predicted octanol–water partition coefficient (Wildman–Crippen LogP) is 3.05. The molecule has 0 aliphatic rings. The standard InChI is InChI=1S/C20H17N3O6S/c1-5-10-30-20-21-16-14(11-15(27-2)17(28-3)18(16)29-4)19(24)22(20)12-6-8-13(9-7-12)23(25)26/h1,6-9,11H,10H2,2-4H3. The van der Waals surface area contributed by atoms with Gasteiger partial charge >= 0.3 is 0 Å². The lowest BCUT2D eigenvalue weighted by Gasteiger charge is -2.17. The Bertz CT molecular complexity index is 1210. The van der Waals surface area contributed by atoms with Crippen LogP contribution in [-0.2, 0) is 0 Å². The fourth-order valence-electron chi connectivity index (χ4n) is 2.92. The summed E-state index contributed by atoms with van der Waals surface area (Å²) in [5, 5.41) is 11.5. The van der Waals surface area contributed by atoms with Crippen LogP contribution in [0, 0.1) is 22.5 Å². The molecule has 0 bridgehead atoms. The van der Waals surface area contributed by atoms with Gasteiger partial charge in [0.1, 0.15) is 5.52 Å². The number of hydrogen-bond donors (Lipinski definition) is 0. The van der Waals surface area contributed by atoms with Crippen LogP contribution in [0.1, 0.15) is 0 Å². The molecule has 0 unspecified atom stereocenters. The first-order valence-electron chi connectivity index (χ1n) is 8.53. The van der Waals surface area contributed by atoms with Crippen molar-refractivity contribution in [2.24, 2.45) is 0 Å². The van der Waals surface area contributed by atoms with Gasteiger partial charge in [-0.05, 0) is 18.2 Å². The normalized spacial score (nSPS) is 10.5. The fraction of sp³-hybridized carbons (Fsp3) is 0.200. The predicted molar refractivity (Wildman–Crippen MR) is 113 cm³/mol. The van der Waals surface area contributed by atoms with Gasteiger partial charge in [-0.25, -0.2) is 4.98 Å². The Labute approximate surface area is 175 Å². The van der Waals surface area contributed by atoms with Crippen LogP contribution in [0.5, 0.6) is 17.2 Å². The maximum absolute atomic E-state index is 13.4. The summed E-state index contributed by atoms with van der Waals surface area (Å²) in [5.41, 5.74) is 0.199. The molecule has 0 spiro atoms. The molecule has 9 nitrogen and oxygen atoms in total. The van der Waals surface area contributed by atoms with Crippen LogP contribution in [0.2, 0.25) is 0 Å². The Hall–Kier alpha value is -3.71. The number of aromatic nitrogens is 2. The van der Waals surface area contributed by atoms with Gasteiger partial charge in [-0.15, -0.1) is 6.42 Å². The zero-order chi connectivity index (χ0) is 21.8. The van der Waals surface area contributed by atoms with Crippen LogP contribution in [0.3, 0.4) is 0 Å². The van der Waals surface area contributed by atoms with Gasteiger partial charge in [-0.3, -0.25) is 19.5 Å². The van der Waals surface area contributed by atoms with Crippen LogP contribution < -0.4 is 19.8 Å². The van der Waals surface area contributed by atoms with Crippen molar-refractivity contribution in [3.05, 3.63) is 50.8 Å². The number of thioether (sulfide) groups is 1. The third kappa shape index (κ3) is 3.62. The molecule has 30 heavy (non-hydrogen) atoms. The Kier molecular flexibility index (Phi) is 6.13. The summed E-state index contributed by atoms with van der Waals surface area (Å²) in [5.74, 6) is 3.63. The van der Waals surface area contributed by atoms with Crippen molar-refractivity contribution in [2.75, 3.05) is 27.1 Å². The molecule has 0 saturated heterocycles. The van der Waals surface area contributed by atoms with Crippen molar-refractivity contribution in [3.63, 3.8) is 0 Å². The SMILES string of the molecule is C#CCSc1nc2c(OC)c(OC)c(OC)cc2c(=O)n1-c1ccc([N+](=O)[O-])cc1.